The largest absolute Gasteiger partial charge is 0.463 e. The lowest BCUT2D eigenvalue weighted by Gasteiger charge is -2.33. The molecule has 1 unspecified atom stereocenters. The summed E-state index contributed by atoms with van der Waals surface area (Å²) in [4.78, 5) is 13.2. The van der Waals surface area contributed by atoms with Gasteiger partial charge in [-0.2, -0.15) is 0 Å². The highest BCUT2D eigenvalue weighted by Gasteiger charge is 2.37. The molecule has 0 N–H and O–H groups in total. The summed E-state index contributed by atoms with van der Waals surface area (Å²) < 4.78 is 12.0. The van der Waals surface area contributed by atoms with Gasteiger partial charge in [-0.1, -0.05) is 80.9 Å². The fourth-order valence-corrected chi connectivity index (χ4v) is 3.94. The van der Waals surface area contributed by atoms with Crippen molar-refractivity contribution in [2.24, 2.45) is 0 Å². The molecule has 2 aromatic carbocycles. The molecule has 0 spiro atoms. The van der Waals surface area contributed by atoms with Crippen LogP contribution in [0.1, 0.15) is 63.5 Å². The molecule has 1 atom stereocenters. The first-order valence-electron chi connectivity index (χ1n) is 10.6. The Morgan fingerprint density at radius 3 is 2.10 bits per heavy atom. The smallest absolute Gasteiger partial charge is 0.338 e. The van der Waals surface area contributed by atoms with E-state index in [0.717, 1.165) is 42.6 Å². The highest BCUT2D eigenvalue weighted by atomic mass is 16.5. The van der Waals surface area contributed by atoms with Crippen LogP contribution in [0.25, 0.3) is 5.76 Å². The van der Waals surface area contributed by atoms with Gasteiger partial charge < -0.3 is 9.47 Å². The van der Waals surface area contributed by atoms with Gasteiger partial charge in [-0.05, 0) is 30.9 Å². The monoisotopic (exact) mass is 390 g/mol. The van der Waals surface area contributed by atoms with Gasteiger partial charge in [0.1, 0.15) is 11.5 Å². The third-order valence-electron chi connectivity index (χ3n) is 5.13. The summed E-state index contributed by atoms with van der Waals surface area (Å²) in [5, 5.41) is 0. The minimum absolute atomic E-state index is 0.152. The van der Waals surface area contributed by atoms with Gasteiger partial charge in [-0.3, -0.25) is 0 Å². The van der Waals surface area contributed by atoms with Crippen molar-refractivity contribution >= 4 is 11.7 Å². The lowest BCUT2D eigenvalue weighted by molar-refractivity contribution is -0.138. The van der Waals surface area contributed by atoms with Crippen molar-refractivity contribution in [3.63, 3.8) is 0 Å². The van der Waals surface area contributed by atoms with Crippen molar-refractivity contribution in [2.75, 3.05) is 6.61 Å². The Labute approximate surface area is 174 Å². The van der Waals surface area contributed by atoms with Crippen molar-refractivity contribution < 1.29 is 14.3 Å². The van der Waals surface area contributed by atoms with Crippen LogP contribution >= 0.6 is 0 Å². The van der Waals surface area contributed by atoms with Crippen molar-refractivity contribution in [2.45, 2.75) is 52.4 Å². The number of allylic oxidation sites excluding steroid dienone is 2. The molecule has 3 rings (SSSR count). The molecular weight excluding hydrogens is 360 g/mol. The summed E-state index contributed by atoms with van der Waals surface area (Å²) in [5.41, 5.74) is 3.81. The normalized spacial score (nSPS) is 16.6. The maximum atomic E-state index is 13.2. The molecule has 0 radical (unpaired) electrons. The van der Waals surface area contributed by atoms with Crippen LogP contribution in [0.4, 0.5) is 0 Å². The van der Waals surface area contributed by atoms with Crippen LogP contribution in [-0.2, 0) is 14.3 Å². The molecule has 0 saturated carbocycles. The Balaban J connectivity index is 2.26. The maximum absolute atomic E-state index is 13.2. The standard InChI is InChI=1S/C26H30O3/c1-4-13-21-22(14-5-2)29-25(20-17-11-8-12-18-20)24(26(27)28-6-3)23(21)19-15-9-7-10-16-19/h7-12,15-18,23H,4-6,13-14H2,1-3H3. The van der Waals surface area contributed by atoms with Gasteiger partial charge in [0.15, 0.2) is 0 Å². The maximum Gasteiger partial charge on any atom is 0.338 e. The molecule has 1 aliphatic heterocycles. The Morgan fingerprint density at radius 1 is 0.897 bits per heavy atom. The van der Waals surface area contributed by atoms with Crippen molar-refractivity contribution in [3.05, 3.63) is 88.7 Å². The first-order valence-corrected chi connectivity index (χ1v) is 10.6. The second kappa shape index (κ2) is 10.1. The molecule has 2 aromatic rings. The fraction of sp³-hybridized carbons (Fsp3) is 0.346. The lowest BCUT2D eigenvalue weighted by Crippen LogP contribution is -2.24. The number of benzene rings is 2. The van der Waals surface area contributed by atoms with E-state index < -0.39 is 0 Å². The van der Waals surface area contributed by atoms with Crippen LogP contribution in [0.5, 0.6) is 0 Å². The molecule has 0 aromatic heterocycles. The molecule has 152 valence electrons. The lowest BCUT2D eigenvalue weighted by atomic mass is 9.78. The van der Waals surface area contributed by atoms with Crippen LogP contribution in [0.3, 0.4) is 0 Å². The first-order chi connectivity index (χ1) is 14.2. The van der Waals surface area contributed by atoms with Gasteiger partial charge in [-0.15, -0.1) is 0 Å². The van der Waals surface area contributed by atoms with Gasteiger partial charge in [0.25, 0.3) is 0 Å². The van der Waals surface area contributed by atoms with Crippen LogP contribution in [0.2, 0.25) is 0 Å². The van der Waals surface area contributed by atoms with E-state index in [1.807, 2.05) is 55.5 Å². The molecule has 0 amide bonds. The van der Waals surface area contributed by atoms with E-state index >= 15 is 0 Å². The van der Waals surface area contributed by atoms with Gasteiger partial charge in [0, 0.05) is 17.9 Å². The molecule has 1 aliphatic rings. The number of esters is 1. The summed E-state index contributed by atoms with van der Waals surface area (Å²) in [5.74, 6) is 1.17. The SMILES string of the molecule is CCCC1=C(CCC)C(c2ccccc2)C(C(=O)OCC)=C(c2ccccc2)O1. The third kappa shape index (κ3) is 4.61. The Bertz CT molecular complexity index is 879. The molecule has 29 heavy (non-hydrogen) atoms. The summed E-state index contributed by atoms with van der Waals surface area (Å²) in [7, 11) is 0. The number of hydrogen-bond donors (Lipinski definition) is 0. The van der Waals surface area contributed by atoms with Crippen molar-refractivity contribution in [3.8, 4) is 0 Å². The average Bonchev–Trinajstić information content (AvgIpc) is 2.76. The average molecular weight is 391 g/mol. The van der Waals surface area contributed by atoms with Crippen molar-refractivity contribution in [1.29, 1.82) is 0 Å². The predicted octanol–water partition coefficient (Wildman–Crippen LogP) is 6.63. The predicted molar refractivity (Wildman–Crippen MR) is 117 cm³/mol. The fourth-order valence-electron chi connectivity index (χ4n) is 3.94. The van der Waals surface area contributed by atoms with E-state index in [-0.39, 0.29) is 11.9 Å². The zero-order valence-corrected chi connectivity index (χ0v) is 17.6. The van der Waals surface area contributed by atoms with E-state index in [1.165, 1.54) is 5.57 Å². The second-order valence-electron chi connectivity index (χ2n) is 7.22. The third-order valence-corrected chi connectivity index (χ3v) is 5.13. The van der Waals surface area contributed by atoms with E-state index in [1.54, 1.807) is 0 Å². The second-order valence-corrected chi connectivity index (χ2v) is 7.22. The van der Waals surface area contributed by atoms with E-state index in [4.69, 9.17) is 9.47 Å². The summed E-state index contributed by atoms with van der Waals surface area (Å²) in [6, 6.07) is 20.1. The molecule has 0 bridgehead atoms. The number of ether oxygens (including phenoxy) is 2. The number of carbonyl (C=O) groups excluding carboxylic acids is 1. The topological polar surface area (TPSA) is 35.5 Å². The molecular formula is C26H30O3. The van der Waals surface area contributed by atoms with E-state index in [2.05, 4.69) is 26.0 Å². The van der Waals surface area contributed by atoms with Crippen molar-refractivity contribution in [1.82, 2.24) is 0 Å². The molecule has 0 saturated heterocycles. The van der Waals surface area contributed by atoms with Crippen LogP contribution in [0, 0.1) is 0 Å². The quantitative estimate of drug-likeness (QED) is 0.475. The molecule has 0 fully saturated rings. The van der Waals surface area contributed by atoms with Gasteiger partial charge >= 0.3 is 5.97 Å². The Hall–Kier alpha value is -2.81. The van der Waals surface area contributed by atoms with Gasteiger partial charge in [-0.25, -0.2) is 4.79 Å². The summed E-state index contributed by atoms with van der Waals surface area (Å²) in [6.07, 6.45) is 3.72. The zero-order valence-electron chi connectivity index (χ0n) is 17.6. The zero-order chi connectivity index (χ0) is 20.6. The highest BCUT2D eigenvalue weighted by Crippen LogP contribution is 2.46. The molecule has 1 heterocycles. The van der Waals surface area contributed by atoms with Gasteiger partial charge in [0.2, 0.25) is 0 Å². The molecule has 3 heteroatoms. The van der Waals surface area contributed by atoms with Crippen LogP contribution < -0.4 is 0 Å². The highest BCUT2D eigenvalue weighted by molar-refractivity contribution is 5.99. The number of rotatable bonds is 8. The molecule has 3 nitrogen and oxygen atoms in total. The minimum atomic E-state index is -0.302. The minimum Gasteiger partial charge on any atom is -0.463 e. The Morgan fingerprint density at radius 2 is 1.52 bits per heavy atom. The summed E-state index contributed by atoms with van der Waals surface area (Å²) in [6.45, 7) is 6.50. The first kappa shape index (κ1) is 20.9. The van der Waals surface area contributed by atoms with E-state index in [0.29, 0.717) is 17.9 Å². The van der Waals surface area contributed by atoms with E-state index in [9.17, 15) is 4.79 Å². The van der Waals surface area contributed by atoms with Crippen LogP contribution in [-0.4, -0.2) is 12.6 Å². The number of carbonyl (C=O) groups is 1. The number of hydrogen-bond acceptors (Lipinski definition) is 3. The van der Waals surface area contributed by atoms with Gasteiger partial charge in [0.05, 0.1) is 12.2 Å². The van der Waals surface area contributed by atoms with Crippen LogP contribution in [0.15, 0.2) is 77.6 Å². The molecule has 0 aliphatic carbocycles. The Kier molecular flexibility index (Phi) is 7.29. The summed E-state index contributed by atoms with van der Waals surface area (Å²) >= 11 is 0.